The van der Waals surface area contributed by atoms with Crippen molar-refractivity contribution < 1.29 is 19.0 Å². The molecule has 2 aromatic rings. The Balaban J connectivity index is 2.74. The lowest BCUT2D eigenvalue weighted by atomic mass is 9.97. The molecule has 0 fully saturated rings. The second-order valence-corrected chi connectivity index (χ2v) is 6.65. The highest BCUT2D eigenvalue weighted by atomic mass is 127. The van der Waals surface area contributed by atoms with Crippen molar-refractivity contribution in [3.05, 3.63) is 27.0 Å². The van der Waals surface area contributed by atoms with E-state index in [-0.39, 0.29) is 5.92 Å². The van der Waals surface area contributed by atoms with Crippen molar-refractivity contribution in [2.75, 3.05) is 21.3 Å². The third-order valence-corrected chi connectivity index (χ3v) is 4.82. The number of hydrogen-bond donors (Lipinski definition) is 0. The summed E-state index contributed by atoms with van der Waals surface area (Å²) in [7, 11) is 6.39. The van der Waals surface area contributed by atoms with Crippen molar-refractivity contribution >= 4 is 28.6 Å². The van der Waals surface area contributed by atoms with E-state index in [9.17, 15) is 4.79 Å². The number of nitrogens with zero attached hydrogens (tertiary/aromatic N) is 2. The van der Waals surface area contributed by atoms with Crippen LogP contribution in [0, 0.1) is 3.57 Å². The Bertz CT molecular complexity index is 768. The fraction of sp³-hybridized carbons (Fsp3) is 0.412. The predicted molar refractivity (Wildman–Crippen MR) is 99.9 cm³/mol. The first kappa shape index (κ1) is 18.6. The number of aryl methyl sites for hydroxylation is 1. The third-order valence-electron chi connectivity index (χ3n) is 3.80. The van der Waals surface area contributed by atoms with Gasteiger partial charge < -0.3 is 14.2 Å². The molecular formula is C17H21IN2O4. The van der Waals surface area contributed by atoms with Crippen molar-refractivity contribution in [1.29, 1.82) is 0 Å². The molecule has 1 heterocycles. The SMILES string of the molecule is COC(=O)c1nn(C)c(-c2cc(C(C)C)c(OC)cc2OC)c1I. The average molecular weight is 444 g/mol. The van der Waals surface area contributed by atoms with Crippen molar-refractivity contribution in [3.8, 4) is 22.8 Å². The van der Waals surface area contributed by atoms with Crippen molar-refractivity contribution in [2.24, 2.45) is 7.05 Å². The molecule has 1 aromatic carbocycles. The summed E-state index contributed by atoms with van der Waals surface area (Å²) in [6.45, 7) is 4.20. The zero-order valence-electron chi connectivity index (χ0n) is 14.6. The van der Waals surface area contributed by atoms with Crippen molar-refractivity contribution in [3.63, 3.8) is 0 Å². The molecule has 0 saturated heterocycles. The number of benzene rings is 1. The van der Waals surface area contributed by atoms with Gasteiger partial charge in [-0.2, -0.15) is 5.10 Å². The summed E-state index contributed by atoms with van der Waals surface area (Å²) in [6.07, 6.45) is 0. The summed E-state index contributed by atoms with van der Waals surface area (Å²) in [5, 5.41) is 4.30. The Kier molecular flexibility index (Phi) is 5.74. The van der Waals surface area contributed by atoms with Crippen LogP contribution in [-0.4, -0.2) is 37.1 Å². The van der Waals surface area contributed by atoms with E-state index in [0.29, 0.717) is 11.4 Å². The topological polar surface area (TPSA) is 62.6 Å². The lowest BCUT2D eigenvalue weighted by molar-refractivity contribution is 0.0592. The number of aromatic nitrogens is 2. The molecular weight excluding hydrogens is 423 g/mol. The Labute approximate surface area is 155 Å². The zero-order valence-corrected chi connectivity index (χ0v) is 16.8. The minimum Gasteiger partial charge on any atom is -0.496 e. The molecule has 0 saturated carbocycles. The molecule has 0 atom stereocenters. The van der Waals surface area contributed by atoms with E-state index < -0.39 is 5.97 Å². The number of ether oxygens (including phenoxy) is 3. The summed E-state index contributed by atoms with van der Waals surface area (Å²) in [4.78, 5) is 11.9. The largest absolute Gasteiger partial charge is 0.496 e. The lowest BCUT2D eigenvalue weighted by Crippen LogP contribution is -2.04. The minimum atomic E-state index is -0.460. The quantitative estimate of drug-likeness (QED) is 0.521. The van der Waals surface area contributed by atoms with E-state index in [1.807, 2.05) is 12.1 Å². The van der Waals surface area contributed by atoms with E-state index in [2.05, 4.69) is 41.5 Å². The maximum atomic E-state index is 11.9. The molecule has 0 spiro atoms. The van der Waals surface area contributed by atoms with E-state index in [0.717, 1.165) is 26.1 Å². The van der Waals surface area contributed by atoms with Crippen LogP contribution in [0.25, 0.3) is 11.3 Å². The number of carbonyl (C=O) groups is 1. The molecule has 7 heteroatoms. The second kappa shape index (κ2) is 7.42. The molecule has 6 nitrogen and oxygen atoms in total. The molecule has 0 amide bonds. The molecule has 0 unspecified atom stereocenters. The third kappa shape index (κ3) is 3.22. The van der Waals surface area contributed by atoms with Gasteiger partial charge in [0.15, 0.2) is 5.69 Å². The van der Waals surface area contributed by atoms with Crippen LogP contribution >= 0.6 is 22.6 Å². The molecule has 0 N–H and O–H groups in total. The first-order valence-electron chi connectivity index (χ1n) is 7.42. The molecule has 1 aromatic heterocycles. The molecule has 2 rings (SSSR count). The van der Waals surface area contributed by atoms with Crippen LogP contribution in [0.3, 0.4) is 0 Å². The number of halogens is 1. The van der Waals surface area contributed by atoms with Gasteiger partial charge in [-0.25, -0.2) is 4.79 Å². The van der Waals surface area contributed by atoms with E-state index in [1.54, 1.807) is 25.9 Å². The van der Waals surface area contributed by atoms with Crippen LogP contribution in [0.2, 0.25) is 0 Å². The van der Waals surface area contributed by atoms with Crippen LogP contribution in [0.1, 0.15) is 35.8 Å². The maximum Gasteiger partial charge on any atom is 0.359 e. The molecule has 0 aliphatic carbocycles. The molecule has 0 bridgehead atoms. The van der Waals surface area contributed by atoms with Crippen LogP contribution in [0.15, 0.2) is 12.1 Å². The lowest BCUT2D eigenvalue weighted by Gasteiger charge is -2.17. The van der Waals surface area contributed by atoms with E-state index in [4.69, 9.17) is 14.2 Å². The summed E-state index contributed by atoms with van der Waals surface area (Å²) >= 11 is 2.11. The van der Waals surface area contributed by atoms with Crippen molar-refractivity contribution in [2.45, 2.75) is 19.8 Å². The number of rotatable bonds is 5. The van der Waals surface area contributed by atoms with Crippen LogP contribution in [0.5, 0.6) is 11.5 Å². The Morgan fingerprint density at radius 1 is 1.17 bits per heavy atom. The molecule has 130 valence electrons. The van der Waals surface area contributed by atoms with Crippen LogP contribution in [0.4, 0.5) is 0 Å². The number of hydrogen-bond acceptors (Lipinski definition) is 5. The fourth-order valence-electron chi connectivity index (χ4n) is 2.58. The van der Waals surface area contributed by atoms with Gasteiger partial charge in [0, 0.05) is 18.7 Å². The van der Waals surface area contributed by atoms with Gasteiger partial charge in [0.25, 0.3) is 0 Å². The summed E-state index contributed by atoms with van der Waals surface area (Å²) in [6, 6.07) is 3.90. The van der Waals surface area contributed by atoms with Crippen LogP contribution < -0.4 is 9.47 Å². The predicted octanol–water partition coefficient (Wildman–Crippen LogP) is 3.62. The van der Waals surface area contributed by atoms with Gasteiger partial charge in [-0.15, -0.1) is 0 Å². The minimum absolute atomic E-state index is 0.274. The molecule has 0 aliphatic heterocycles. The van der Waals surface area contributed by atoms with Crippen molar-refractivity contribution in [1.82, 2.24) is 9.78 Å². The Morgan fingerprint density at radius 3 is 2.29 bits per heavy atom. The molecule has 24 heavy (non-hydrogen) atoms. The second-order valence-electron chi connectivity index (χ2n) is 5.58. The summed E-state index contributed by atoms with van der Waals surface area (Å²) < 4.78 is 18.2. The normalized spacial score (nSPS) is 10.8. The summed E-state index contributed by atoms with van der Waals surface area (Å²) in [5.41, 5.74) is 3.01. The Morgan fingerprint density at radius 2 is 1.79 bits per heavy atom. The van der Waals surface area contributed by atoms with Gasteiger partial charge in [-0.1, -0.05) is 13.8 Å². The highest BCUT2D eigenvalue weighted by Crippen LogP contribution is 2.40. The van der Waals surface area contributed by atoms with E-state index >= 15 is 0 Å². The van der Waals surface area contributed by atoms with Gasteiger partial charge in [0.1, 0.15) is 11.5 Å². The number of methoxy groups -OCH3 is 3. The fourth-order valence-corrected chi connectivity index (χ4v) is 3.55. The number of carbonyl (C=O) groups excluding carboxylic acids is 1. The first-order chi connectivity index (χ1) is 11.3. The van der Waals surface area contributed by atoms with Gasteiger partial charge in [-0.05, 0) is 40.1 Å². The highest BCUT2D eigenvalue weighted by molar-refractivity contribution is 14.1. The van der Waals surface area contributed by atoms with Gasteiger partial charge >= 0.3 is 5.97 Å². The zero-order chi connectivity index (χ0) is 18.0. The van der Waals surface area contributed by atoms with Crippen LogP contribution in [-0.2, 0) is 11.8 Å². The monoisotopic (exact) mass is 444 g/mol. The summed E-state index contributed by atoms with van der Waals surface area (Å²) in [5.74, 6) is 1.25. The van der Waals surface area contributed by atoms with Gasteiger partial charge in [0.05, 0.1) is 30.6 Å². The standard InChI is InChI=1S/C17H21IN2O4/c1-9(2)10-7-11(13(23-5)8-12(10)22-4)16-14(18)15(17(21)24-6)19-20(16)3/h7-9H,1-6H3. The number of esters is 1. The highest BCUT2D eigenvalue weighted by Gasteiger charge is 2.25. The van der Waals surface area contributed by atoms with Gasteiger partial charge in [-0.3, -0.25) is 4.68 Å². The Hall–Kier alpha value is -1.77. The smallest absolute Gasteiger partial charge is 0.359 e. The van der Waals surface area contributed by atoms with Gasteiger partial charge in [0.2, 0.25) is 0 Å². The maximum absolute atomic E-state index is 11.9. The average Bonchev–Trinajstić information content (AvgIpc) is 2.87. The van der Waals surface area contributed by atoms with E-state index in [1.165, 1.54) is 7.11 Å². The molecule has 0 radical (unpaired) electrons. The molecule has 0 aliphatic rings. The first-order valence-corrected chi connectivity index (χ1v) is 8.50.